The average molecular weight is 444 g/mol. The van der Waals surface area contributed by atoms with Crippen molar-refractivity contribution in [2.75, 3.05) is 13.7 Å². The number of hydrogen-bond donors (Lipinski definition) is 1. The molecule has 8 nitrogen and oxygen atoms in total. The Morgan fingerprint density at radius 3 is 2.52 bits per heavy atom. The number of aliphatic hydroxyl groups excluding tert-OH is 1. The van der Waals surface area contributed by atoms with Crippen LogP contribution in [0, 0.1) is 17.9 Å². The van der Waals surface area contributed by atoms with E-state index in [0.29, 0.717) is 39.5 Å². The average Bonchev–Trinajstić information content (AvgIpc) is 3.24. The van der Waals surface area contributed by atoms with Crippen molar-refractivity contribution in [1.82, 2.24) is 9.78 Å². The van der Waals surface area contributed by atoms with Crippen molar-refractivity contribution in [2.24, 2.45) is 0 Å². The van der Waals surface area contributed by atoms with Gasteiger partial charge in [-0.2, -0.15) is 10.4 Å². The summed E-state index contributed by atoms with van der Waals surface area (Å²) < 4.78 is 12.2. The minimum atomic E-state index is -1.19. The van der Waals surface area contributed by atoms with E-state index in [1.165, 1.54) is 11.8 Å². The third-order valence-corrected chi connectivity index (χ3v) is 5.12. The number of benzene rings is 2. The zero-order chi connectivity index (χ0) is 24.1. The summed E-state index contributed by atoms with van der Waals surface area (Å²) in [5, 5.41) is 25.3. The number of carbonyl (C=O) groups is 1. The molecule has 1 aromatic heterocycles. The van der Waals surface area contributed by atoms with Gasteiger partial charge in [0.2, 0.25) is 0 Å². The van der Waals surface area contributed by atoms with Gasteiger partial charge in [-0.25, -0.2) is 14.3 Å². The van der Waals surface area contributed by atoms with E-state index in [1.54, 1.807) is 49.4 Å². The number of nitrogens with zero attached hydrogens (tertiary/aromatic N) is 4. The van der Waals surface area contributed by atoms with Gasteiger partial charge in [0.05, 0.1) is 37.6 Å². The van der Waals surface area contributed by atoms with Crippen LogP contribution in [0.15, 0.2) is 42.5 Å². The summed E-state index contributed by atoms with van der Waals surface area (Å²) in [5.74, 6) is -0.375. The topological polar surface area (TPSA) is 102 Å². The molecular weight excluding hydrogens is 420 g/mol. The van der Waals surface area contributed by atoms with Gasteiger partial charge in [0.1, 0.15) is 17.5 Å². The first-order chi connectivity index (χ1) is 15.9. The normalized spacial score (nSPS) is 11.5. The van der Waals surface area contributed by atoms with Gasteiger partial charge in [-0.1, -0.05) is 38.1 Å². The van der Waals surface area contributed by atoms with Crippen LogP contribution < -0.4 is 4.74 Å². The number of methoxy groups -OCH3 is 1. The number of ether oxygens (including phenoxy) is 2. The number of nitriles is 1. The molecule has 1 N–H and O–H groups in total. The second kappa shape index (κ2) is 9.99. The maximum absolute atomic E-state index is 12.9. The molecule has 0 fully saturated rings. The highest BCUT2D eigenvalue weighted by Crippen LogP contribution is 2.37. The number of aliphatic hydroxyl groups is 1. The summed E-state index contributed by atoms with van der Waals surface area (Å²) in [6, 6.07) is 13.5. The molecule has 0 aliphatic rings. The highest BCUT2D eigenvalue weighted by molar-refractivity contribution is 5.90. The molecule has 1 unspecified atom stereocenters. The maximum Gasteiger partial charge on any atom is 0.359 e. The molecule has 0 saturated carbocycles. The van der Waals surface area contributed by atoms with Gasteiger partial charge in [-0.3, -0.25) is 0 Å². The van der Waals surface area contributed by atoms with E-state index >= 15 is 0 Å². The Bertz CT molecular complexity index is 1250. The number of aromatic nitrogens is 2. The fourth-order valence-corrected chi connectivity index (χ4v) is 3.63. The first-order valence-corrected chi connectivity index (χ1v) is 10.4. The summed E-state index contributed by atoms with van der Waals surface area (Å²) in [4.78, 5) is 16.2. The molecule has 0 aliphatic heterocycles. The van der Waals surface area contributed by atoms with Gasteiger partial charge in [0.25, 0.3) is 0 Å². The molecule has 0 spiro atoms. The van der Waals surface area contributed by atoms with Crippen LogP contribution in [-0.4, -0.2) is 34.6 Å². The zero-order valence-electron chi connectivity index (χ0n) is 18.9. The molecule has 1 heterocycles. The van der Waals surface area contributed by atoms with Crippen LogP contribution >= 0.6 is 0 Å². The first kappa shape index (κ1) is 23.5. The van der Waals surface area contributed by atoms with Gasteiger partial charge in [0, 0.05) is 5.56 Å². The quantitative estimate of drug-likeness (QED) is 0.419. The number of esters is 1. The number of rotatable bonds is 7. The highest BCUT2D eigenvalue weighted by Gasteiger charge is 2.32. The lowest BCUT2D eigenvalue weighted by Gasteiger charge is -2.18. The standard InChI is InChI=1S/C25H24N4O4/c1-6-33-25(31)22-21(24(30)17-8-10-18(27-4)11-9-17)23(15(2)3)29(28-22)19-13-16(14-26)7-12-20(19)32-5/h7-13,15,24,30H,6H2,1-3,5H3. The van der Waals surface area contributed by atoms with Crippen molar-refractivity contribution in [1.29, 1.82) is 5.26 Å². The van der Waals surface area contributed by atoms with Crippen molar-refractivity contribution < 1.29 is 19.4 Å². The van der Waals surface area contributed by atoms with Crippen LogP contribution in [0.25, 0.3) is 10.5 Å². The molecule has 0 saturated heterocycles. The highest BCUT2D eigenvalue weighted by atomic mass is 16.5. The van der Waals surface area contributed by atoms with Gasteiger partial charge in [-0.15, -0.1) is 0 Å². The Morgan fingerprint density at radius 1 is 1.27 bits per heavy atom. The number of carbonyl (C=O) groups excluding carboxylic acids is 1. The van der Waals surface area contributed by atoms with Crippen molar-refractivity contribution >= 4 is 11.7 Å². The van der Waals surface area contributed by atoms with Crippen LogP contribution in [0.4, 0.5) is 5.69 Å². The molecule has 33 heavy (non-hydrogen) atoms. The minimum Gasteiger partial charge on any atom is -0.494 e. The van der Waals surface area contributed by atoms with Crippen LogP contribution in [-0.2, 0) is 4.74 Å². The zero-order valence-corrected chi connectivity index (χ0v) is 18.9. The first-order valence-electron chi connectivity index (χ1n) is 10.4. The van der Waals surface area contributed by atoms with Gasteiger partial charge in [-0.05, 0) is 36.6 Å². The minimum absolute atomic E-state index is 0.0216. The van der Waals surface area contributed by atoms with Crippen LogP contribution in [0.2, 0.25) is 0 Å². The lowest BCUT2D eigenvalue weighted by atomic mass is 9.94. The monoisotopic (exact) mass is 444 g/mol. The smallest absolute Gasteiger partial charge is 0.359 e. The number of hydrogen-bond acceptors (Lipinski definition) is 6. The van der Waals surface area contributed by atoms with Gasteiger partial charge in [0.15, 0.2) is 11.4 Å². The van der Waals surface area contributed by atoms with Crippen molar-refractivity contribution in [2.45, 2.75) is 32.8 Å². The molecule has 3 rings (SSSR count). The van der Waals surface area contributed by atoms with Gasteiger partial charge < -0.3 is 14.6 Å². The third-order valence-electron chi connectivity index (χ3n) is 5.12. The predicted molar refractivity (Wildman–Crippen MR) is 122 cm³/mol. The molecule has 0 amide bonds. The molecule has 0 bridgehead atoms. The summed E-state index contributed by atoms with van der Waals surface area (Å²) in [6.45, 7) is 12.8. The lowest BCUT2D eigenvalue weighted by Crippen LogP contribution is -2.12. The predicted octanol–water partition coefficient (Wildman–Crippen LogP) is 4.69. The van der Waals surface area contributed by atoms with Crippen molar-refractivity contribution in [3.05, 3.63) is 82.0 Å². The Kier molecular flexibility index (Phi) is 7.12. The summed E-state index contributed by atoms with van der Waals surface area (Å²) in [7, 11) is 1.50. The molecular formula is C25H24N4O4. The van der Waals surface area contributed by atoms with Crippen LogP contribution in [0.1, 0.15) is 65.7 Å². The summed E-state index contributed by atoms with van der Waals surface area (Å²) in [6.07, 6.45) is -1.19. The molecule has 8 heteroatoms. The van der Waals surface area contributed by atoms with Crippen molar-refractivity contribution in [3.8, 4) is 17.5 Å². The Morgan fingerprint density at radius 2 is 1.97 bits per heavy atom. The molecule has 3 aromatic rings. The maximum atomic E-state index is 12.9. The third kappa shape index (κ3) is 4.57. The van der Waals surface area contributed by atoms with E-state index in [2.05, 4.69) is 16.0 Å². The Labute approximate surface area is 192 Å². The van der Waals surface area contributed by atoms with Crippen molar-refractivity contribution in [3.63, 3.8) is 0 Å². The fraction of sp³-hybridized carbons (Fsp3) is 0.280. The summed E-state index contributed by atoms with van der Waals surface area (Å²) >= 11 is 0. The van der Waals surface area contributed by atoms with E-state index in [-0.39, 0.29) is 18.2 Å². The van der Waals surface area contributed by atoms with Crippen LogP contribution in [0.5, 0.6) is 5.75 Å². The fourth-order valence-electron chi connectivity index (χ4n) is 3.63. The Balaban J connectivity index is 2.32. The SMILES string of the molecule is [C-]#[N+]c1ccc(C(O)c2c(C(=O)OCC)nn(-c3cc(C#N)ccc3OC)c2C(C)C)cc1. The second-order valence-corrected chi connectivity index (χ2v) is 7.54. The molecule has 0 radical (unpaired) electrons. The van der Waals surface area contributed by atoms with E-state index < -0.39 is 12.1 Å². The molecule has 0 aliphatic carbocycles. The lowest BCUT2D eigenvalue weighted by molar-refractivity contribution is 0.0513. The van der Waals surface area contributed by atoms with Crippen LogP contribution in [0.3, 0.4) is 0 Å². The second-order valence-electron chi connectivity index (χ2n) is 7.54. The molecule has 2 aromatic carbocycles. The Hall–Kier alpha value is -4.14. The summed E-state index contributed by atoms with van der Waals surface area (Å²) in [5.41, 5.74) is 2.67. The molecule has 168 valence electrons. The van der Waals surface area contributed by atoms with Gasteiger partial charge >= 0.3 is 5.97 Å². The van der Waals surface area contributed by atoms with E-state index in [1.807, 2.05) is 13.8 Å². The van der Waals surface area contributed by atoms with E-state index in [4.69, 9.17) is 16.0 Å². The van der Waals surface area contributed by atoms with E-state index in [9.17, 15) is 15.2 Å². The molecule has 1 atom stereocenters. The van der Waals surface area contributed by atoms with E-state index in [0.717, 1.165) is 0 Å². The largest absolute Gasteiger partial charge is 0.494 e.